The Morgan fingerprint density at radius 1 is 1.13 bits per heavy atom. The number of carbonyl (C=O) groups excluding carboxylic acids is 2. The van der Waals surface area contributed by atoms with Crippen LogP contribution in [0.25, 0.3) is 0 Å². The molecule has 3 aliphatic rings. The molecule has 0 N–H and O–H groups in total. The molecular formula is C12H15NO2. The quantitative estimate of drug-likeness (QED) is 0.476. The first kappa shape index (κ1) is 9.13. The van der Waals surface area contributed by atoms with Crippen molar-refractivity contribution in [1.29, 1.82) is 0 Å². The van der Waals surface area contributed by atoms with Gasteiger partial charge in [0.1, 0.15) is 0 Å². The molecule has 15 heavy (non-hydrogen) atoms. The Kier molecular flexibility index (Phi) is 1.65. The summed E-state index contributed by atoms with van der Waals surface area (Å²) in [5.41, 5.74) is 0. The number of carbonyl (C=O) groups is 2. The normalized spacial score (nSPS) is 42.2. The molecule has 0 spiro atoms. The molecule has 2 fully saturated rings. The number of likely N-dealkylation sites (tertiary alicyclic amines) is 1. The van der Waals surface area contributed by atoms with E-state index in [0.29, 0.717) is 11.8 Å². The van der Waals surface area contributed by atoms with Gasteiger partial charge in [-0.05, 0) is 32.1 Å². The van der Waals surface area contributed by atoms with Gasteiger partial charge in [0.15, 0.2) is 0 Å². The van der Waals surface area contributed by atoms with Gasteiger partial charge in [-0.25, -0.2) is 0 Å². The van der Waals surface area contributed by atoms with Crippen LogP contribution in [0, 0.1) is 23.7 Å². The first-order valence-corrected chi connectivity index (χ1v) is 5.66. The summed E-state index contributed by atoms with van der Waals surface area (Å²) in [5.74, 6) is 0.735. The summed E-state index contributed by atoms with van der Waals surface area (Å²) in [4.78, 5) is 25.7. The fourth-order valence-corrected chi connectivity index (χ4v) is 3.43. The Hall–Kier alpha value is -1.12. The van der Waals surface area contributed by atoms with E-state index >= 15 is 0 Å². The number of rotatable bonds is 1. The number of fused-ring (bicyclic) bond motifs is 5. The highest BCUT2D eigenvalue weighted by molar-refractivity contribution is 6.06. The Labute approximate surface area is 89.1 Å². The predicted molar refractivity (Wildman–Crippen MR) is 54.7 cm³/mol. The molecule has 0 aromatic rings. The number of nitrogens with zero attached hydrogens (tertiary/aromatic N) is 1. The third-order valence-electron chi connectivity index (χ3n) is 4.02. The van der Waals surface area contributed by atoms with Crippen LogP contribution >= 0.6 is 0 Å². The molecular weight excluding hydrogens is 190 g/mol. The van der Waals surface area contributed by atoms with Gasteiger partial charge in [-0.1, -0.05) is 12.2 Å². The van der Waals surface area contributed by atoms with Crippen LogP contribution in [0.4, 0.5) is 0 Å². The first-order valence-electron chi connectivity index (χ1n) is 5.66. The van der Waals surface area contributed by atoms with Crippen LogP contribution in [-0.4, -0.2) is 22.8 Å². The minimum atomic E-state index is -0.0325. The third kappa shape index (κ3) is 0.959. The summed E-state index contributed by atoms with van der Waals surface area (Å²) < 4.78 is 0. The summed E-state index contributed by atoms with van der Waals surface area (Å²) in [6, 6.07) is 0.00926. The molecule has 2 aliphatic carbocycles. The van der Waals surface area contributed by atoms with Crippen molar-refractivity contribution in [3.8, 4) is 0 Å². The second-order valence-corrected chi connectivity index (χ2v) is 5.14. The maximum Gasteiger partial charge on any atom is 0.233 e. The lowest BCUT2D eigenvalue weighted by Crippen LogP contribution is -2.38. The fourth-order valence-electron chi connectivity index (χ4n) is 3.43. The highest BCUT2D eigenvalue weighted by atomic mass is 16.2. The molecule has 2 bridgehead atoms. The second kappa shape index (κ2) is 2.71. The lowest BCUT2D eigenvalue weighted by Gasteiger charge is -2.20. The molecule has 3 rings (SSSR count). The van der Waals surface area contributed by atoms with E-state index in [2.05, 4.69) is 12.2 Å². The summed E-state index contributed by atoms with van der Waals surface area (Å²) in [7, 11) is 0. The van der Waals surface area contributed by atoms with Crippen LogP contribution in [0.15, 0.2) is 12.2 Å². The molecule has 1 aliphatic heterocycles. The van der Waals surface area contributed by atoms with Crippen LogP contribution in [-0.2, 0) is 9.59 Å². The zero-order chi connectivity index (χ0) is 10.7. The highest BCUT2D eigenvalue weighted by Crippen LogP contribution is 2.52. The third-order valence-corrected chi connectivity index (χ3v) is 4.02. The van der Waals surface area contributed by atoms with E-state index in [1.54, 1.807) is 0 Å². The topological polar surface area (TPSA) is 37.4 Å². The Morgan fingerprint density at radius 2 is 1.60 bits per heavy atom. The minimum Gasteiger partial charge on any atom is -0.280 e. The molecule has 0 radical (unpaired) electrons. The molecule has 3 heteroatoms. The zero-order valence-electron chi connectivity index (χ0n) is 9.01. The molecule has 2 amide bonds. The van der Waals surface area contributed by atoms with Crippen molar-refractivity contribution in [2.45, 2.75) is 26.3 Å². The van der Waals surface area contributed by atoms with Gasteiger partial charge in [-0.15, -0.1) is 0 Å². The van der Waals surface area contributed by atoms with E-state index in [4.69, 9.17) is 0 Å². The Morgan fingerprint density at radius 3 is 2.00 bits per heavy atom. The van der Waals surface area contributed by atoms with Gasteiger partial charge in [0.25, 0.3) is 0 Å². The smallest absolute Gasteiger partial charge is 0.233 e. The monoisotopic (exact) mass is 205 g/mol. The van der Waals surface area contributed by atoms with E-state index in [-0.39, 0.29) is 29.7 Å². The summed E-state index contributed by atoms with van der Waals surface area (Å²) in [6.45, 7) is 3.82. The first-order chi connectivity index (χ1) is 7.11. The Bertz CT molecular complexity index is 342. The number of hydrogen-bond donors (Lipinski definition) is 0. The van der Waals surface area contributed by atoms with Crippen LogP contribution in [0.3, 0.4) is 0 Å². The van der Waals surface area contributed by atoms with E-state index in [9.17, 15) is 9.59 Å². The van der Waals surface area contributed by atoms with Crippen molar-refractivity contribution in [3.05, 3.63) is 12.2 Å². The zero-order valence-corrected chi connectivity index (χ0v) is 9.01. The molecule has 1 heterocycles. The number of imide groups is 1. The average Bonchev–Trinajstić information content (AvgIpc) is 2.79. The van der Waals surface area contributed by atoms with E-state index in [1.807, 2.05) is 13.8 Å². The van der Waals surface area contributed by atoms with Gasteiger partial charge in [-0.2, -0.15) is 0 Å². The SMILES string of the molecule is CC(C)N1C(=O)[C@@H]2C3C=CC(C3)[C@@H]2C1=O. The van der Waals surface area contributed by atoms with E-state index < -0.39 is 0 Å². The van der Waals surface area contributed by atoms with Crippen molar-refractivity contribution < 1.29 is 9.59 Å². The van der Waals surface area contributed by atoms with Gasteiger partial charge in [0, 0.05) is 6.04 Å². The number of allylic oxidation sites excluding steroid dienone is 2. The van der Waals surface area contributed by atoms with Gasteiger partial charge in [0.2, 0.25) is 11.8 Å². The summed E-state index contributed by atoms with van der Waals surface area (Å²) in [5, 5.41) is 0. The van der Waals surface area contributed by atoms with E-state index in [1.165, 1.54) is 4.90 Å². The van der Waals surface area contributed by atoms with Gasteiger partial charge in [-0.3, -0.25) is 14.5 Å². The van der Waals surface area contributed by atoms with Crippen LogP contribution < -0.4 is 0 Å². The largest absolute Gasteiger partial charge is 0.280 e. The van der Waals surface area contributed by atoms with E-state index in [0.717, 1.165) is 6.42 Å². The minimum absolute atomic E-state index is 0.00926. The molecule has 1 saturated carbocycles. The molecule has 0 aromatic heterocycles. The number of amides is 2. The second-order valence-electron chi connectivity index (χ2n) is 5.14. The molecule has 80 valence electrons. The molecule has 3 nitrogen and oxygen atoms in total. The van der Waals surface area contributed by atoms with Crippen molar-refractivity contribution in [3.63, 3.8) is 0 Å². The van der Waals surface area contributed by atoms with Gasteiger partial charge < -0.3 is 0 Å². The standard InChI is InChI=1S/C12H15NO2/c1-6(2)13-11(14)9-7-3-4-8(5-7)10(9)12(13)15/h3-4,6-10H,5H2,1-2H3/t7?,8?,9-,10+. The fraction of sp³-hybridized carbons (Fsp3) is 0.667. The molecule has 4 atom stereocenters. The summed E-state index contributed by atoms with van der Waals surface area (Å²) >= 11 is 0. The van der Waals surface area contributed by atoms with Gasteiger partial charge >= 0.3 is 0 Å². The van der Waals surface area contributed by atoms with Gasteiger partial charge in [0.05, 0.1) is 11.8 Å². The van der Waals surface area contributed by atoms with Crippen molar-refractivity contribution in [1.82, 2.24) is 4.90 Å². The molecule has 1 saturated heterocycles. The average molecular weight is 205 g/mol. The lowest BCUT2D eigenvalue weighted by molar-refractivity contribution is -0.142. The maximum absolute atomic E-state index is 12.1. The lowest BCUT2D eigenvalue weighted by atomic mass is 9.85. The highest BCUT2D eigenvalue weighted by Gasteiger charge is 2.59. The van der Waals surface area contributed by atoms with Crippen molar-refractivity contribution in [2.24, 2.45) is 23.7 Å². The predicted octanol–water partition coefficient (Wildman–Crippen LogP) is 1.20. The van der Waals surface area contributed by atoms with Crippen molar-refractivity contribution in [2.75, 3.05) is 0 Å². The van der Waals surface area contributed by atoms with Crippen LogP contribution in [0.1, 0.15) is 20.3 Å². The summed E-state index contributed by atoms with van der Waals surface area (Å²) in [6.07, 6.45) is 5.26. The van der Waals surface area contributed by atoms with Crippen LogP contribution in [0.2, 0.25) is 0 Å². The molecule has 0 aromatic carbocycles. The molecule has 2 unspecified atom stereocenters. The van der Waals surface area contributed by atoms with Crippen molar-refractivity contribution >= 4 is 11.8 Å². The maximum atomic E-state index is 12.1. The number of hydrogen-bond acceptors (Lipinski definition) is 2. The Balaban J connectivity index is 2.00. The van der Waals surface area contributed by atoms with Crippen LogP contribution in [0.5, 0.6) is 0 Å².